The van der Waals surface area contributed by atoms with Crippen molar-refractivity contribution in [2.75, 3.05) is 26.2 Å². The van der Waals surface area contributed by atoms with Gasteiger partial charge in [-0.15, -0.1) is 11.3 Å². The number of hydrogen-bond donors (Lipinski definition) is 1. The molecule has 1 aliphatic carbocycles. The fourth-order valence-corrected chi connectivity index (χ4v) is 4.37. The molecule has 1 atom stereocenters. The fourth-order valence-electron chi connectivity index (χ4n) is 3.38. The van der Waals surface area contributed by atoms with Gasteiger partial charge in [-0.25, -0.2) is 0 Å². The Balaban J connectivity index is 1.44. The van der Waals surface area contributed by atoms with Crippen LogP contribution in [-0.4, -0.2) is 31.1 Å². The molecule has 19 heavy (non-hydrogen) atoms. The first-order valence-corrected chi connectivity index (χ1v) is 8.73. The van der Waals surface area contributed by atoms with Gasteiger partial charge in [-0.05, 0) is 68.1 Å². The van der Waals surface area contributed by atoms with Gasteiger partial charge in [0.1, 0.15) is 0 Å². The zero-order valence-corrected chi connectivity index (χ0v) is 12.8. The molecule has 3 rings (SSSR count). The molecule has 1 aliphatic heterocycles. The smallest absolute Gasteiger partial charge is 0.0331 e. The number of piperidine rings is 1. The van der Waals surface area contributed by atoms with Crippen molar-refractivity contribution in [1.82, 2.24) is 10.2 Å². The van der Waals surface area contributed by atoms with Crippen molar-refractivity contribution >= 4 is 11.3 Å². The lowest BCUT2D eigenvalue weighted by atomic mass is 9.94. The van der Waals surface area contributed by atoms with Gasteiger partial charge < -0.3 is 10.2 Å². The summed E-state index contributed by atoms with van der Waals surface area (Å²) in [6.07, 6.45) is 6.75. The van der Waals surface area contributed by atoms with Crippen LogP contribution in [-0.2, 0) is 6.42 Å². The van der Waals surface area contributed by atoms with E-state index in [-0.39, 0.29) is 0 Å². The summed E-state index contributed by atoms with van der Waals surface area (Å²) in [5.74, 6) is 0.941. The summed E-state index contributed by atoms with van der Waals surface area (Å²) >= 11 is 1.94. The normalized spacial score (nSPS) is 25.4. The van der Waals surface area contributed by atoms with Crippen LogP contribution in [0.5, 0.6) is 0 Å². The summed E-state index contributed by atoms with van der Waals surface area (Å²) < 4.78 is 0. The van der Waals surface area contributed by atoms with Crippen molar-refractivity contribution in [3.63, 3.8) is 0 Å². The third-order valence-electron chi connectivity index (χ3n) is 4.75. The fraction of sp³-hybridized carbons (Fsp3) is 0.750. The Morgan fingerprint density at radius 3 is 3.00 bits per heavy atom. The molecule has 1 saturated heterocycles. The number of nitrogens with one attached hydrogen (secondary N) is 1. The zero-order chi connectivity index (χ0) is 13.1. The van der Waals surface area contributed by atoms with Crippen LogP contribution < -0.4 is 5.32 Å². The van der Waals surface area contributed by atoms with E-state index in [4.69, 9.17) is 0 Å². The maximum atomic E-state index is 3.79. The Labute approximate surface area is 121 Å². The molecule has 2 aliphatic rings. The predicted octanol–water partition coefficient (Wildman–Crippen LogP) is 3.45. The molecule has 1 aromatic heterocycles. The van der Waals surface area contributed by atoms with E-state index < -0.39 is 0 Å². The third kappa shape index (κ3) is 3.39. The molecule has 0 aromatic carbocycles. The minimum Gasteiger partial charge on any atom is -0.309 e. The largest absolute Gasteiger partial charge is 0.309 e. The Morgan fingerprint density at radius 2 is 2.16 bits per heavy atom. The SMILES string of the molecule is CC1CCN(CCNC2CCCc3sccc32)CC1. The second-order valence-corrected chi connectivity index (χ2v) is 7.22. The molecule has 0 amide bonds. The zero-order valence-electron chi connectivity index (χ0n) is 12.0. The number of thiophene rings is 1. The molecule has 0 bridgehead atoms. The summed E-state index contributed by atoms with van der Waals surface area (Å²) in [5, 5.41) is 6.05. The average Bonchev–Trinajstić information content (AvgIpc) is 2.90. The van der Waals surface area contributed by atoms with Crippen molar-refractivity contribution in [3.8, 4) is 0 Å². The Hall–Kier alpha value is -0.380. The van der Waals surface area contributed by atoms with Crippen molar-refractivity contribution in [2.24, 2.45) is 5.92 Å². The van der Waals surface area contributed by atoms with E-state index >= 15 is 0 Å². The first-order chi connectivity index (χ1) is 9.33. The molecule has 2 nitrogen and oxygen atoms in total. The first kappa shape index (κ1) is 13.6. The molecule has 0 spiro atoms. The van der Waals surface area contributed by atoms with Crippen LogP contribution in [0.3, 0.4) is 0 Å². The van der Waals surface area contributed by atoms with Crippen LogP contribution in [0.4, 0.5) is 0 Å². The molecule has 2 heterocycles. The van der Waals surface area contributed by atoms with Gasteiger partial charge in [-0.1, -0.05) is 6.92 Å². The molecule has 1 N–H and O–H groups in total. The van der Waals surface area contributed by atoms with Crippen LogP contribution in [0.25, 0.3) is 0 Å². The van der Waals surface area contributed by atoms with Gasteiger partial charge in [0.15, 0.2) is 0 Å². The molecule has 3 heteroatoms. The van der Waals surface area contributed by atoms with Gasteiger partial charge in [0, 0.05) is 24.0 Å². The predicted molar refractivity (Wildman–Crippen MR) is 82.8 cm³/mol. The van der Waals surface area contributed by atoms with E-state index in [2.05, 4.69) is 28.6 Å². The second-order valence-electron chi connectivity index (χ2n) is 6.22. The molecule has 1 fully saturated rings. The quantitative estimate of drug-likeness (QED) is 0.907. The summed E-state index contributed by atoms with van der Waals surface area (Å²) in [6.45, 7) is 7.36. The standard InChI is InChI=1S/C16H26N2S/c1-13-5-9-18(10-6-13)11-8-17-15-3-2-4-16-14(15)7-12-19-16/h7,12-13,15,17H,2-6,8-11H2,1H3. The molecular formula is C16H26N2S. The highest BCUT2D eigenvalue weighted by Gasteiger charge is 2.21. The van der Waals surface area contributed by atoms with E-state index in [1.165, 1.54) is 51.7 Å². The molecule has 1 aromatic rings. The van der Waals surface area contributed by atoms with E-state index in [0.29, 0.717) is 6.04 Å². The van der Waals surface area contributed by atoms with Crippen molar-refractivity contribution < 1.29 is 0 Å². The van der Waals surface area contributed by atoms with Crippen LogP contribution in [0, 0.1) is 5.92 Å². The lowest BCUT2D eigenvalue weighted by molar-refractivity contribution is 0.190. The maximum Gasteiger partial charge on any atom is 0.0331 e. The minimum absolute atomic E-state index is 0.624. The number of aryl methyl sites for hydroxylation is 1. The summed E-state index contributed by atoms with van der Waals surface area (Å²) in [6, 6.07) is 2.96. The maximum absolute atomic E-state index is 3.79. The van der Waals surface area contributed by atoms with E-state index in [0.717, 1.165) is 12.5 Å². The minimum atomic E-state index is 0.624. The third-order valence-corrected chi connectivity index (χ3v) is 5.74. The van der Waals surface area contributed by atoms with Gasteiger partial charge in [0.2, 0.25) is 0 Å². The van der Waals surface area contributed by atoms with Crippen LogP contribution >= 0.6 is 11.3 Å². The summed E-state index contributed by atoms with van der Waals surface area (Å²) in [4.78, 5) is 4.25. The highest BCUT2D eigenvalue weighted by atomic mass is 32.1. The second kappa shape index (κ2) is 6.38. The topological polar surface area (TPSA) is 15.3 Å². The lowest BCUT2D eigenvalue weighted by Crippen LogP contribution is -2.38. The Kier molecular flexibility index (Phi) is 4.57. The highest BCUT2D eigenvalue weighted by molar-refractivity contribution is 7.10. The summed E-state index contributed by atoms with van der Waals surface area (Å²) in [5.41, 5.74) is 1.59. The Bertz CT molecular complexity index is 393. The average molecular weight is 278 g/mol. The van der Waals surface area contributed by atoms with Gasteiger partial charge >= 0.3 is 0 Å². The van der Waals surface area contributed by atoms with Crippen molar-refractivity contribution in [1.29, 1.82) is 0 Å². The van der Waals surface area contributed by atoms with Gasteiger partial charge in [0.25, 0.3) is 0 Å². The number of nitrogens with zero attached hydrogens (tertiary/aromatic N) is 1. The van der Waals surface area contributed by atoms with Crippen molar-refractivity contribution in [3.05, 3.63) is 21.9 Å². The van der Waals surface area contributed by atoms with Gasteiger partial charge in [-0.3, -0.25) is 0 Å². The molecule has 1 unspecified atom stereocenters. The van der Waals surface area contributed by atoms with Crippen molar-refractivity contribution in [2.45, 2.75) is 45.1 Å². The number of fused-ring (bicyclic) bond motifs is 1. The monoisotopic (exact) mass is 278 g/mol. The highest BCUT2D eigenvalue weighted by Crippen LogP contribution is 2.33. The lowest BCUT2D eigenvalue weighted by Gasteiger charge is -2.31. The number of likely N-dealkylation sites (tertiary alicyclic amines) is 1. The van der Waals surface area contributed by atoms with Crippen LogP contribution in [0.1, 0.15) is 49.1 Å². The number of rotatable bonds is 4. The van der Waals surface area contributed by atoms with Gasteiger partial charge in [0.05, 0.1) is 0 Å². The molecule has 0 radical (unpaired) electrons. The van der Waals surface area contributed by atoms with Crippen LogP contribution in [0.2, 0.25) is 0 Å². The number of hydrogen-bond acceptors (Lipinski definition) is 3. The summed E-state index contributed by atoms with van der Waals surface area (Å²) in [7, 11) is 0. The molecule has 0 saturated carbocycles. The first-order valence-electron chi connectivity index (χ1n) is 7.85. The van der Waals surface area contributed by atoms with Gasteiger partial charge in [-0.2, -0.15) is 0 Å². The van der Waals surface area contributed by atoms with Crippen LogP contribution in [0.15, 0.2) is 11.4 Å². The Morgan fingerprint density at radius 1 is 1.32 bits per heavy atom. The molecular weight excluding hydrogens is 252 g/mol. The van der Waals surface area contributed by atoms with E-state index in [1.54, 1.807) is 10.4 Å². The van der Waals surface area contributed by atoms with E-state index in [9.17, 15) is 0 Å². The molecule has 106 valence electrons. The van der Waals surface area contributed by atoms with E-state index in [1.807, 2.05) is 11.3 Å².